The van der Waals surface area contributed by atoms with Gasteiger partial charge in [0.2, 0.25) is 5.91 Å². The number of rotatable bonds is 22. The number of carbonyl (C=O) groups excluding carboxylic acids is 1. The van der Waals surface area contributed by atoms with Gasteiger partial charge in [0.05, 0.1) is 23.5 Å². The van der Waals surface area contributed by atoms with Crippen molar-refractivity contribution in [3.63, 3.8) is 0 Å². The lowest BCUT2D eigenvalue weighted by molar-refractivity contribution is -0.119. The van der Waals surface area contributed by atoms with Gasteiger partial charge in [-0.05, 0) is 50.6 Å². The Morgan fingerprint density at radius 3 is 2.10 bits per heavy atom. The summed E-state index contributed by atoms with van der Waals surface area (Å²) in [5, 5.41) is 25.0. The molecule has 2 aromatic carbocycles. The normalized spacial score (nSPS) is 14.7. The summed E-state index contributed by atoms with van der Waals surface area (Å²) in [7, 11) is -4.68. The number of carbonyl (C=O) groups is 1. The van der Waals surface area contributed by atoms with E-state index in [1.54, 1.807) is 30.3 Å². The summed E-state index contributed by atoms with van der Waals surface area (Å²) in [5.74, 6) is 0.623. The van der Waals surface area contributed by atoms with Gasteiger partial charge in [0.25, 0.3) is 10.1 Å². The molecule has 1 aliphatic rings. The predicted octanol–water partition coefficient (Wildman–Crippen LogP) is 10.1. The van der Waals surface area contributed by atoms with Crippen LogP contribution in [0.25, 0.3) is 0 Å². The second-order valence-electron chi connectivity index (χ2n) is 13.3. The molecule has 0 radical (unpaired) electrons. The van der Waals surface area contributed by atoms with Crippen LogP contribution in [0, 0.1) is 13.8 Å². The molecule has 0 saturated carbocycles. The van der Waals surface area contributed by atoms with Crippen molar-refractivity contribution in [3.05, 3.63) is 59.9 Å². The molecule has 0 fully saturated rings. The van der Waals surface area contributed by atoms with E-state index in [9.17, 15) is 17.8 Å². The van der Waals surface area contributed by atoms with E-state index in [-0.39, 0.29) is 18.1 Å². The monoisotopic (exact) mass is 721 g/mol. The van der Waals surface area contributed by atoms with Gasteiger partial charge in [-0.1, -0.05) is 115 Å². The summed E-state index contributed by atoms with van der Waals surface area (Å²) in [6, 6.07) is 13.0. The molecule has 51 heavy (non-hydrogen) atoms. The number of H-pyrrole nitrogens is 1. The first-order chi connectivity index (χ1) is 24.7. The van der Waals surface area contributed by atoms with E-state index in [1.165, 1.54) is 94.2 Å². The molecule has 0 aliphatic carbocycles. The molecule has 1 amide bonds. The van der Waals surface area contributed by atoms with Crippen LogP contribution in [0.3, 0.4) is 0 Å². The Morgan fingerprint density at radius 2 is 1.53 bits per heavy atom. The van der Waals surface area contributed by atoms with Crippen LogP contribution in [0.2, 0.25) is 0 Å². The van der Waals surface area contributed by atoms with Crippen LogP contribution in [-0.2, 0) is 14.9 Å². The fraction of sp³-hybridized carbons (Fsp3) is 0.553. The van der Waals surface area contributed by atoms with E-state index < -0.39 is 21.2 Å². The van der Waals surface area contributed by atoms with Gasteiger partial charge in [0.1, 0.15) is 27.9 Å². The van der Waals surface area contributed by atoms with Gasteiger partial charge in [0, 0.05) is 6.42 Å². The number of nitrogens with zero attached hydrogens (tertiary/aromatic N) is 5. The molecule has 4 rings (SSSR count). The number of aromatic nitrogens is 2. The standard InChI is InChI=1S/C38H55N7O5S/c1-4-5-6-7-8-9-10-11-12-13-14-15-16-17-21-24-37(46)39-35-28-36(42-43-38-29(2)40-41-30(38)3)45(44-35)31-25-26-33(34(27-31)51(47,48)49)50-32-22-19-18-20-23-32/h18-20,22-23,25-27,36H,4-17,21,24,28H2,1-3H3,(H,40,41)(H,39,44,46)(H,47,48,49)/t36-/m0/s1. The van der Waals surface area contributed by atoms with Crippen molar-refractivity contribution in [3.8, 4) is 11.5 Å². The Labute approximate surface area is 303 Å². The number of para-hydroxylation sites is 1. The average Bonchev–Trinajstić information content (AvgIpc) is 3.66. The number of hydrazone groups is 1. The largest absolute Gasteiger partial charge is 0.456 e. The van der Waals surface area contributed by atoms with Crippen molar-refractivity contribution in [1.29, 1.82) is 0 Å². The Balaban J connectivity index is 1.31. The van der Waals surface area contributed by atoms with Crippen LogP contribution in [-0.4, -0.2) is 41.1 Å². The van der Waals surface area contributed by atoms with Crippen molar-refractivity contribution in [1.82, 2.24) is 15.5 Å². The highest BCUT2D eigenvalue weighted by Crippen LogP contribution is 2.35. The molecule has 0 saturated heterocycles. The number of hydrogen-bond donors (Lipinski definition) is 3. The third-order valence-corrected chi connectivity index (χ3v) is 9.87. The van der Waals surface area contributed by atoms with Gasteiger partial charge in [-0.2, -0.15) is 23.7 Å². The van der Waals surface area contributed by atoms with Crippen LogP contribution in [0.4, 0.5) is 11.4 Å². The van der Waals surface area contributed by atoms with Crippen molar-refractivity contribution in [2.24, 2.45) is 15.3 Å². The summed E-state index contributed by atoms with van der Waals surface area (Å²) < 4.78 is 40.8. The zero-order valence-electron chi connectivity index (χ0n) is 30.4. The first-order valence-corrected chi connectivity index (χ1v) is 20.0. The zero-order valence-corrected chi connectivity index (χ0v) is 31.3. The molecular weight excluding hydrogens is 667 g/mol. The summed E-state index contributed by atoms with van der Waals surface area (Å²) in [4.78, 5) is 12.5. The van der Waals surface area contributed by atoms with Gasteiger partial charge in [-0.15, -0.1) is 5.11 Å². The number of unbranched alkanes of at least 4 members (excludes halogenated alkanes) is 14. The zero-order chi connectivity index (χ0) is 36.5. The van der Waals surface area contributed by atoms with Gasteiger partial charge in [-0.3, -0.25) is 14.4 Å². The Hall–Kier alpha value is -4.10. The molecule has 12 nitrogen and oxygen atoms in total. The third kappa shape index (κ3) is 13.2. The van der Waals surface area contributed by atoms with Crippen LogP contribution >= 0.6 is 0 Å². The average molecular weight is 722 g/mol. The Bertz CT molecular complexity index is 1670. The molecular formula is C38H55N7O5S. The molecule has 1 aliphatic heterocycles. The minimum Gasteiger partial charge on any atom is -0.456 e. The maximum atomic E-state index is 12.9. The number of amides is 1. The number of amidine groups is 1. The van der Waals surface area contributed by atoms with Crippen molar-refractivity contribution < 1.29 is 22.5 Å². The van der Waals surface area contributed by atoms with Crippen LogP contribution in [0.5, 0.6) is 11.5 Å². The number of aromatic amines is 1. The first kappa shape index (κ1) is 39.7. The lowest BCUT2D eigenvalue weighted by Gasteiger charge is -2.20. The number of hydrogen-bond acceptors (Lipinski definition) is 9. The maximum Gasteiger partial charge on any atom is 0.298 e. The number of nitrogens with one attached hydrogen (secondary N) is 2. The summed E-state index contributed by atoms with van der Waals surface area (Å²) in [5.41, 5.74) is 2.33. The second-order valence-corrected chi connectivity index (χ2v) is 14.7. The van der Waals surface area contributed by atoms with E-state index in [1.807, 2.05) is 19.9 Å². The van der Waals surface area contributed by atoms with E-state index >= 15 is 0 Å². The minimum atomic E-state index is -4.68. The quantitative estimate of drug-likeness (QED) is 0.0528. The maximum absolute atomic E-state index is 12.9. The van der Waals surface area contributed by atoms with Crippen molar-refractivity contribution in [2.45, 2.75) is 141 Å². The summed E-state index contributed by atoms with van der Waals surface area (Å²) >= 11 is 0. The molecule has 3 N–H and O–H groups in total. The van der Waals surface area contributed by atoms with Gasteiger partial charge in [0.15, 0.2) is 6.17 Å². The molecule has 0 spiro atoms. The smallest absolute Gasteiger partial charge is 0.298 e. The fourth-order valence-corrected chi connectivity index (χ4v) is 6.76. The van der Waals surface area contributed by atoms with Crippen LogP contribution in [0.15, 0.2) is 68.8 Å². The lowest BCUT2D eigenvalue weighted by Crippen LogP contribution is -2.30. The lowest BCUT2D eigenvalue weighted by atomic mass is 10.0. The molecule has 0 unspecified atom stereocenters. The summed E-state index contributed by atoms with van der Waals surface area (Å²) in [6.45, 7) is 5.91. The van der Waals surface area contributed by atoms with Crippen LogP contribution in [0.1, 0.15) is 127 Å². The Kier molecular flexibility index (Phi) is 16.1. The van der Waals surface area contributed by atoms with E-state index in [4.69, 9.17) is 4.74 Å². The number of azo groups is 1. The number of benzene rings is 2. The topological polar surface area (TPSA) is 162 Å². The third-order valence-electron chi connectivity index (χ3n) is 9.00. The van der Waals surface area contributed by atoms with Crippen molar-refractivity contribution in [2.75, 3.05) is 5.01 Å². The van der Waals surface area contributed by atoms with E-state index in [2.05, 4.69) is 37.8 Å². The SMILES string of the molecule is CCCCCCCCCCCCCCCCCC(=O)NC1=NN(c2ccc(Oc3ccccc3)c(S(=O)(=O)O)c2)[C@H](N=Nc2c(C)n[nH]c2C)C1. The Morgan fingerprint density at radius 1 is 0.922 bits per heavy atom. The minimum absolute atomic E-state index is 0.0459. The van der Waals surface area contributed by atoms with Crippen LogP contribution < -0.4 is 15.1 Å². The second kappa shape index (κ2) is 20.7. The number of ether oxygens (including phenoxy) is 1. The molecule has 2 heterocycles. The van der Waals surface area contributed by atoms with Gasteiger partial charge < -0.3 is 10.1 Å². The highest BCUT2D eigenvalue weighted by Gasteiger charge is 2.31. The van der Waals surface area contributed by atoms with E-state index in [0.717, 1.165) is 25.0 Å². The van der Waals surface area contributed by atoms with E-state index in [0.29, 0.717) is 35.1 Å². The molecule has 1 aromatic heterocycles. The molecule has 13 heteroatoms. The van der Waals surface area contributed by atoms with Gasteiger partial charge >= 0.3 is 0 Å². The first-order valence-electron chi connectivity index (χ1n) is 18.6. The highest BCUT2D eigenvalue weighted by atomic mass is 32.2. The molecule has 0 bridgehead atoms. The molecule has 1 atom stereocenters. The summed E-state index contributed by atoms with van der Waals surface area (Å²) in [6.07, 6.45) is 18.8. The number of aryl methyl sites for hydroxylation is 2. The van der Waals surface area contributed by atoms with Gasteiger partial charge in [-0.25, -0.2) is 5.01 Å². The molecule has 278 valence electrons. The molecule has 3 aromatic rings. The predicted molar refractivity (Wildman–Crippen MR) is 201 cm³/mol. The van der Waals surface area contributed by atoms with Crippen molar-refractivity contribution >= 4 is 33.2 Å². The number of anilines is 1. The highest BCUT2D eigenvalue weighted by molar-refractivity contribution is 7.86. The fourth-order valence-electron chi connectivity index (χ4n) is 6.13.